The van der Waals surface area contributed by atoms with Gasteiger partial charge in [0.15, 0.2) is 6.29 Å². The van der Waals surface area contributed by atoms with Gasteiger partial charge in [-0.3, -0.25) is 0 Å². The minimum absolute atomic E-state index is 0.263. The number of aliphatic hydroxyl groups excluding tert-OH is 2. The van der Waals surface area contributed by atoms with Gasteiger partial charge in [0.2, 0.25) is 0 Å². The Morgan fingerprint density at radius 1 is 1.25 bits per heavy atom. The van der Waals surface area contributed by atoms with Gasteiger partial charge in [-0.15, -0.1) is 0 Å². The first kappa shape index (κ1) is 11.5. The molecule has 3 atom stereocenters. The van der Waals surface area contributed by atoms with E-state index in [9.17, 15) is 5.11 Å². The lowest BCUT2D eigenvalue weighted by Crippen LogP contribution is -2.26. The third-order valence-corrected chi connectivity index (χ3v) is 2.60. The molecular weight excluding hydrogens is 208 g/mol. The van der Waals surface area contributed by atoms with Crippen molar-refractivity contribution in [2.45, 2.75) is 31.5 Å². The van der Waals surface area contributed by atoms with Crippen molar-refractivity contribution in [3.05, 3.63) is 35.9 Å². The number of benzene rings is 1. The highest BCUT2D eigenvalue weighted by atomic mass is 16.6. The summed E-state index contributed by atoms with van der Waals surface area (Å²) in [5.74, 6) is 0. The molecule has 16 heavy (non-hydrogen) atoms. The van der Waals surface area contributed by atoms with Crippen molar-refractivity contribution >= 4 is 0 Å². The van der Waals surface area contributed by atoms with E-state index >= 15 is 0 Å². The van der Waals surface area contributed by atoms with Gasteiger partial charge >= 0.3 is 0 Å². The fraction of sp³-hybridized carbons (Fsp3) is 0.500. The quantitative estimate of drug-likeness (QED) is 0.789. The smallest absolute Gasteiger partial charge is 0.157 e. The number of hydrogen-bond acceptors (Lipinski definition) is 4. The number of ether oxygens (including phenoxy) is 2. The molecule has 1 aliphatic heterocycles. The van der Waals surface area contributed by atoms with Crippen molar-refractivity contribution in [3.8, 4) is 0 Å². The number of aliphatic hydroxyl groups is 2. The summed E-state index contributed by atoms with van der Waals surface area (Å²) < 4.78 is 10.5. The van der Waals surface area contributed by atoms with E-state index in [0.29, 0.717) is 13.2 Å². The van der Waals surface area contributed by atoms with Crippen LogP contribution in [0, 0.1) is 0 Å². The lowest BCUT2D eigenvalue weighted by Gasteiger charge is -2.13. The maximum atomic E-state index is 9.49. The summed E-state index contributed by atoms with van der Waals surface area (Å²) in [5, 5.41) is 18.6. The van der Waals surface area contributed by atoms with E-state index in [1.165, 1.54) is 0 Å². The molecule has 1 saturated heterocycles. The molecule has 0 bridgehead atoms. The molecule has 0 aliphatic carbocycles. The van der Waals surface area contributed by atoms with Crippen molar-refractivity contribution in [2.24, 2.45) is 0 Å². The second-order valence-electron chi connectivity index (χ2n) is 3.93. The molecule has 0 aromatic heterocycles. The Morgan fingerprint density at radius 3 is 2.62 bits per heavy atom. The molecule has 1 aliphatic rings. The monoisotopic (exact) mass is 224 g/mol. The third-order valence-electron chi connectivity index (χ3n) is 2.60. The van der Waals surface area contributed by atoms with Gasteiger partial charge in [-0.2, -0.15) is 0 Å². The van der Waals surface area contributed by atoms with Crippen LogP contribution in [0.2, 0.25) is 0 Å². The van der Waals surface area contributed by atoms with E-state index in [1.807, 2.05) is 30.3 Å². The van der Waals surface area contributed by atoms with Gasteiger partial charge in [-0.1, -0.05) is 30.3 Å². The van der Waals surface area contributed by atoms with E-state index in [2.05, 4.69) is 0 Å². The van der Waals surface area contributed by atoms with Crippen LogP contribution >= 0.6 is 0 Å². The first-order valence-electron chi connectivity index (χ1n) is 5.39. The maximum Gasteiger partial charge on any atom is 0.157 e. The highest BCUT2D eigenvalue weighted by Gasteiger charge is 2.32. The Kier molecular flexibility index (Phi) is 3.90. The van der Waals surface area contributed by atoms with Gasteiger partial charge in [-0.25, -0.2) is 0 Å². The Hall–Kier alpha value is -0.940. The summed E-state index contributed by atoms with van der Waals surface area (Å²) >= 11 is 0. The zero-order valence-corrected chi connectivity index (χ0v) is 8.95. The van der Waals surface area contributed by atoms with Crippen LogP contribution in [0.3, 0.4) is 0 Å². The number of rotatable bonds is 4. The van der Waals surface area contributed by atoms with Crippen LogP contribution < -0.4 is 0 Å². The molecular formula is C12H16O4. The molecule has 0 spiro atoms. The Morgan fingerprint density at radius 2 is 2.00 bits per heavy atom. The zero-order chi connectivity index (χ0) is 11.4. The zero-order valence-electron chi connectivity index (χ0n) is 8.95. The second kappa shape index (κ2) is 5.41. The minimum atomic E-state index is -0.861. The van der Waals surface area contributed by atoms with Gasteiger partial charge in [0.05, 0.1) is 19.3 Å². The van der Waals surface area contributed by atoms with Gasteiger partial charge in [0, 0.05) is 6.42 Å². The topological polar surface area (TPSA) is 58.9 Å². The maximum absolute atomic E-state index is 9.49. The van der Waals surface area contributed by atoms with Crippen molar-refractivity contribution in [2.75, 3.05) is 6.61 Å². The van der Waals surface area contributed by atoms with Crippen LogP contribution in [-0.2, 0) is 16.1 Å². The number of hydrogen-bond donors (Lipinski definition) is 2. The molecule has 0 saturated carbocycles. The van der Waals surface area contributed by atoms with Crippen LogP contribution in [0.15, 0.2) is 30.3 Å². The summed E-state index contributed by atoms with van der Waals surface area (Å²) in [6, 6.07) is 9.79. The Bertz CT molecular complexity index is 314. The van der Waals surface area contributed by atoms with Crippen LogP contribution in [0.1, 0.15) is 12.0 Å². The van der Waals surface area contributed by atoms with Crippen LogP contribution in [0.25, 0.3) is 0 Å². The fourth-order valence-electron chi connectivity index (χ4n) is 1.72. The van der Waals surface area contributed by atoms with E-state index in [0.717, 1.165) is 5.56 Å². The van der Waals surface area contributed by atoms with Gasteiger partial charge in [0.1, 0.15) is 6.10 Å². The van der Waals surface area contributed by atoms with Crippen LogP contribution in [0.5, 0.6) is 0 Å². The van der Waals surface area contributed by atoms with Gasteiger partial charge in [0.25, 0.3) is 0 Å². The lowest BCUT2D eigenvalue weighted by molar-refractivity contribution is -0.117. The van der Waals surface area contributed by atoms with Crippen molar-refractivity contribution in [3.63, 3.8) is 0 Å². The van der Waals surface area contributed by atoms with E-state index < -0.39 is 18.5 Å². The molecule has 0 amide bonds. The summed E-state index contributed by atoms with van der Waals surface area (Å²) in [6.07, 6.45) is -1.65. The average Bonchev–Trinajstić information content (AvgIpc) is 2.59. The average molecular weight is 224 g/mol. The highest BCUT2D eigenvalue weighted by molar-refractivity contribution is 5.13. The van der Waals surface area contributed by atoms with Crippen molar-refractivity contribution in [1.82, 2.24) is 0 Å². The van der Waals surface area contributed by atoms with Crippen LogP contribution in [-0.4, -0.2) is 35.3 Å². The molecule has 1 aromatic rings. The predicted molar refractivity (Wildman–Crippen MR) is 57.6 cm³/mol. The first-order chi connectivity index (χ1) is 7.75. The van der Waals surface area contributed by atoms with E-state index in [4.69, 9.17) is 14.6 Å². The minimum Gasteiger partial charge on any atom is -0.390 e. The molecule has 88 valence electrons. The molecule has 0 radical (unpaired) electrons. The summed E-state index contributed by atoms with van der Waals surface area (Å²) in [5.41, 5.74) is 1.08. The molecule has 1 aromatic carbocycles. The largest absolute Gasteiger partial charge is 0.390 e. The Balaban J connectivity index is 1.72. The van der Waals surface area contributed by atoms with Crippen molar-refractivity contribution < 1.29 is 19.7 Å². The molecule has 1 heterocycles. The van der Waals surface area contributed by atoms with Gasteiger partial charge in [-0.05, 0) is 5.56 Å². The standard InChI is InChI=1S/C12H16O4/c13-10-6-12(14)16-11(10)8-15-7-9-4-2-1-3-5-9/h1-5,10-14H,6-8H2/t10-,11-,12+/m1/s1. The fourth-order valence-corrected chi connectivity index (χ4v) is 1.72. The normalized spacial score (nSPS) is 29.5. The summed E-state index contributed by atoms with van der Waals surface area (Å²) in [4.78, 5) is 0. The summed E-state index contributed by atoms with van der Waals surface area (Å²) in [6.45, 7) is 0.788. The van der Waals surface area contributed by atoms with E-state index in [-0.39, 0.29) is 6.42 Å². The molecule has 4 heteroatoms. The highest BCUT2D eigenvalue weighted by Crippen LogP contribution is 2.19. The van der Waals surface area contributed by atoms with Crippen molar-refractivity contribution in [1.29, 1.82) is 0 Å². The molecule has 1 fully saturated rings. The predicted octanol–water partition coefficient (Wildman–Crippen LogP) is 0.671. The molecule has 4 nitrogen and oxygen atoms in total. The second-order valence-corrected chi connectivity index (χ2v) is 3.93. The first-order valence-corrected chi connectivity index (χ1v) is 5.39. The third kappa shape index (κ3) is 3.02. The molecule has 2 rings (SSSR count). The summed E-state index contributed by atoms with van der Waals surface area (Å²) in [7, 11) is 0. The Labute approximate surface area is 94.4 Å². The van der Waals surface area contributed by atoms with Crippen LogP contribution in [0.4, 0.5) is 0 Å². The van der Waals surface area contributed by atoms with Gasteiger partial charge < -0.3 is 19.7 Å². The molecule has 0 unspecified atom stereocenters. The molecule has 2 N–H and O–H groups in total. The SMILES string of the molecule is O[C@@H]1C[C@@H](O)[C@@H](COCc2ccccc2)O1. The lowest BCUT2D eigenvalue weighted by atomic mass is 10.2. The van der Waals surface area contributed by atoms with E-state index in [1.54, 1.807) is 0 Å².